The topological polar surface area (TPSA) is 66.5 Å². The Hall–Kier alpha value is -2.17. The summed E-state index contributed by atoms with van der Waals surface area (Å²) in [5.41, 5.74) is 7.05. The van der Waals surface area contributed by atoms with Crippen LogP contribution in [0.4, 0.5) is 5.69 Å². The van der Waals surface area contributed by atoms with Crippen molar-refractivity contribution >= 4 is 16.6 Å². The summed E-state index contributed by atoms with van der Waals surface area (Å²) in [6.07, 6.45) is 1.95. The lowest BCUT2D eigenvalue weighted by molar-refractivity contribution is 0.289. The summed E-state index contributed by atoms with van der Waals surface area (Å²) in [6.45, 7) is 5.11. The molecule has 2 aromatic rings. The first kappa shape index (κ1) is 15.2. The summed E-state index contributed by atoms with van der Waals surface area (Å²) in [7, 11) is 1.49. The number of fused-ring (bicyclic) bond motifs is 1. The van der Waals surface area contributed by atoms with Gasteiger partial charge in [-0.15, -0.1) is 0 Å². The molecule has 0 bridgehead atoms. The van der Waals surface area contributed by atoms with E-state index in [9.17, 15) is 4.79 Å². The monoisotopic (exact) mass is 290 g/mol. The van der Waals surface area contributed by atoms with Gasteiger partial charge in [-0.05, 0) is 31.5 Å². The summed E-state index contributed by atoms with van der Waals surface area (Å²) in [5.74, 6) is 0.765. The fraction of sp³-hybridized carbons (Fsp3) is 0.438. The molecule has 5 nitrogen and oxygen atoms in total. The van der Waals surface area contributed by atoms with Crippen LogP contribution in [-0.2, 0) is 6.54 Å². The highest BCUT2D eigenvalue weighted by atomic mass is 16.5. The quantitative estimate of drug-likeness (QED) is 0.656. The molecule has 114 valence electrons. The van der Waals surface area contributed by atoms with Gasteiger partial charge >= 0.3 is 0 Å². The third kappa shape index (κ3) is 2.82. The van der Waals surface area contributed by atoms with Crippen molar-refractivity contribution < 1.29 is 9.47 Å². The smallest absolute Gasteiger partial charge is 0.297 e. The largest absolute Gasteiger partial charge is 0.489 e. The highest BCUT2D eigenvalue weighted by molar-refractivity contribution is 5.90. The number of aromatic nitrogens is 1. The molecule has 0 atom stereocenters. The van der Waals surface area contributed by atoms with Gasteiger partial charge in [0, 0.05) is 17.6 Å². The number of unbranched alkanes of at least 4 members (excludes halogenated alkanes) is 1. The van der Waals surface area contributed by atoms with Crippen molar-refractivity contribution in [3.05, 3.63) is 28.6 Å². The Morgan fingerprint density at radius 3 is 2.62 bits per heavy atom. The van der Waals surface area contributed by atoms with E-state index in [4.69, 9.17) is 15.2 Å². The predicted molar refractivity (Wildman–Crippen MR) is 85.2 cm³/mol. The van der Waals surface area contributed by atoms with Gasteiger partial charge in [-0.25, -0.2) is 0 Å². The van der Waals surface area contributed by atoms with Gasteiger partial charge in [-0.3, -0.25) is 4.79 Å². The molecule has 2 rings (SSSR count). The van der Waals surface area contributed by atoms with Crippen LogP contribution < -0.4 is 20.8 Å². The van der Waals surface area contributed by atoms with E-state index in [0.717, 1.165) is 23.7 Å². The van der Waals surface area contributed by atoms with E-state index >= 15 is 0 Å². The molecule has 0 aliphatic heterocycles. The summed E-state index contributed by atoms with van der Waals surface area (Å²) in [5, 5.41) is 0.846. The van der Waals surface area contributed by atoms with E-state index in [-0.39, 0.29) is 11.3 Å². The highest BCUT2D eigenvalue weighted by Gasteiger charge is 2.18. The number of nitrogens with two attached hydrogens (primary N) is 1. The van der Waals surface area contributed by atoms with Crippen molar-refractivity contribution in [3.8, 4) is 11.5 Å². The molecule has 0 amide bonds. The number of benzene rings is 1. The molecule has 0 aliphatic rings. The molecule has 0 fully saturated rings. The van der Waals surface area contributed by atoms with Gasteiger partial charge in [-0.1, -0.05) is 13.3 Å². The van der Waals surface area contributed by atoms with Crippen LogP contribution in [-0.4, -0.2) is 18.3 Å². The lowest BCUT2D eigenvalue weighted by Crippen LogP contribution is -2.22. The van der Waals surface area contributed by atoms with E-state index in [1.165, 1.54) is 7.11 Å². The van der Waals surface area contributed by atoms with E-state index in [1.54, 1.807) is 16.7 Å². The van der Waals surface area contributed by atoms with Crippen LogP contribution in [0.15, 0.2) is 23.0 Å². The molecule has 5 heteroatoms. The summed E-state index contributed by atoms with van der Waals surface area (Å²) < 4.78 is 12.8. The third-order valence-corrected chi connectivity index (χ3v) is 3.47. The van der Waals surface area contributed by atoms with Crippen LogP contribution in [0.1, 0.15) is 26.7 Å². The van der Waals surface area contributed by atoms with Crippen molar-refractivity contribution in [1.82, 2.24) is 4.57 Å². The van der Waals surface area contributed by atoms with E-state index < -0.39 is 0 Å². The standard InChI is InChI=1S/C16H22N2O3/c1-4-6-9-21-14-12-8-7-11(17)10-13(12)18(5-2)16(19)15(14)20-3/h7-8,10H,4-6,9,17H2,1-3H3. The van der Waals surface area contributed by atoms with E-state index in [2.05, 4.69) is 6.92 Å². The lowest BCUT2D eigenvalue weighted by Gasteiger charge is -2.17. The van der Waals surface area contributed by atoms with Crippen LogP contribution in [0.25, 0.3) is 10.9 Å². The normalized spacial score (nSPS) is 10.8. The SMILES string of the molecule is CCCCOc1c(OC)c(=O)n(CC)c2cc(N)ccc12. The number of nitrogen functional groups attached to an aromatic ring is 1. The first-order valence-electron chi connectivity index (χ1n) is 7.26. The number of anilines is 1. The van der Waals surface area contributed by atoms with Gasteiger partial charge in [0.1, 0.15) is 0 Å². The van der Waals surface area contributed by atoms with E-state index in [1.807, 2.05) is 13.0 Å². The molecule has 1 aromatic carbocycles. The molecular formula is C16H22N2O3. The highest BCUT2D eigenvalue weighted by Crippen LogP contribution is 2.33. The zero-order valence-corrected chi connectivity index (χ0v) is 12.8. The third-order valence-electron chi connectivity index (χ3n) is 3.47. The van der Waals surface area contributed by atoms with Crippen molar-refractivity contribution in [3.63, 3.8) is 0 Å². The molecular weight excluding hydrogens is 268 g/mol. The second-order valence-electron chi connectivity index (χ2n) is 4.89. The second kappa shape index (κ2) is 6.52. The number of hydrogen-bond acceptors (Lipinski definition) is 4. The zero-order valence-electron chi connectivity index (χ0n) is 12.8. The summed E-state index contributed by atoms with van der Waals surface area (Å²) in [4.78, 5) is 12.5. The Morgan fingerprint density at radius 2 is 2.00 bits per heavy atom. The molecule has 0 aliphatic carbocycles. The number of hydrogen-bond donors (Lipinski definition) is 1. The number of pyridine rings is 1. The van der Waals surface area contributed by atoms with Crippen LogP contribution in [0.5, 0.6) is 11.5 Å². The number of rotatable bonds is 6. The van der Waals surface area contributed by atoms with Crippen LogP contribution in [0, 0.1) is 0 Å². The molecule has 0 saturated heterocycles. The molecule has 0 spiro atoms. The minimum absolute atomic E-state index is 0.190. The molecule has 0 saturated carbocycles. The van der Waals surface area contributed by atoms with Crippen molar-refractivity contribution in [2.45, 2.75) is 33.2 Å². The first-order chi connectivity index (χ1) is 10.1. The Labute approximate surface area is 124 Å². The number of ether oxygens (including phenoxy) is 2. The average molecular weight is 290 g/mol. The second-order valence-corrected chi connectivity index (χ2v) is 4.89. The Bertz CT molecular complexity index is 692. The Balaban J connectivity index is 2.72. The minimum Gasteiger partial charge on any atom is -0.489 e. The fourth-order valence-corrected chi connectivity index (χ4v) is 2.37. The minimum atomic E-state index is -0.190. The number of aryl methyl sites for hydroxylation is 1. The molecule has 2 N–H and O–H groups in total. The van der Waals surface area contributed by atoms with Crippen LogP contribution in [0.3, 0.4) is 0 Å². The van der Waals surface area contributed by atoms with E-state index in [0.29, 0.717) is 24.6 Å². The number of nitrogens with zero attached hydrogens (tertiary/aromatic N) is 1. The molecule has 1 aromatic heterocycles. The zero-order chi connectivity index (χ0) is 15.4. The summed E-state index contributed by atoms with van der Waals surface area (Å²) >= 11 is 0. The Kier molecular flexibility index (Phi) is 4.73. The Morgan fingerprint density at radius 1 is 1.24 bits per heavy atom. The first-order valence-corrected chi connectivity index (χ1v) is 7.26. The van der Waals surface area contributed by atoms with Crippen LogP contribution >= 0.6 is 0 Å². The van der Waals surface area contributed by atoms with Gasteiger partial charge in [0.05, 0.1) is 19.2 Å². The van der Waals surface area contributed by atoms with Gasteiger partial charge in [0.2, 0.25) is 5.75 Å². The maximum Gasteiger partial charge on any atom is 0.297 e. The molecule has 0 unspecified atom stereocenters. The average Bonchev–Trinajstić information content (AvgIpc) is 2.47. The molecule has 1 heterocycles. The summed E-state index contributed by atoms with van der Waals surface area (Å²) in [6, 6.07) is 5.48. The van der Waals surface area contributed by atoms with Gasteiger partial charge in [-0.2, -0.15) is 0 Å². The predicted octanol–water partition coefficient (Wildman–Crippen LogP) is 2.79. The lowest BCUT2D eigenvalue weighted by atomic mass is 10.1. The molecule has 21 heavy (non-hydrogen) atoms. The van der Waals surface area contributed by atoms with Crippen LogP contribution in [0.2, 0.25) is 0 Å². The maximum absolute atomic E-state index is 12.5. The fourth-order valence-electron chi connectivity index (χ4n) is 2.37. The van der Waals surface area contributed by atoms with Gasteiger partial charge in [0.15, 0.2) is 5.75 Å². The van der Waals surface area contributed by atoms with Crippen molar-refractivity contribution in [1.29, 1.82) is 0 Å². The molecule has 0 radical (unpaired) electrons. The maximum atomic E-state index is 12.5. The van der Waals surface area contributed by atoms with Gasteiger partial charge < -0.3 is 19.8 Å². The van der Waals surface area contributed by atoms with Gasteiger partial charge in [0.25, 0.3) is 5.56 Å². The van der Waals surface area contributed by atoms with Crippen molar-refractivity contribution in [2.75, 3.05) is 19.5 Å². The number of methoxy groups -OCH3 is 1. The van der Waals surface area contributed by atoms with Crippen molar-refractivity contribution in [2.24, 2.45) is 0 Å².